The van der Waals surface area contributed by atoms with E-state index in [1.165, 1.54) is 334 Å². The molecule has 0 radical (unpaired) electrons. The average molecular weight is 1120 g/mol. The Morgan fingerprint density at radius 2 is 0.550 bits per heavy atom. The normalized spacial score (nSPS) is 12.9. The first-order chi connectivity index (χ1) is 39.7. The third-order valence-electron chi connectivity index (χ3n) is 17.4. The van der Waals surface area contributed by atoms with Crippen LogP contribution in [0.1, 0.15) is 412 Å². The van der Waals surface area contributed by atoms with Crippen molar-refractivity contribution in [2.45, 2.75) is 424 Å². The zero-order valence-corrected chi connectivity index (χ0v) is 54.6. The molecule has 2 atom stereocenters. The number of hydrogen-bond acceptors (Lipinski definition) is 3. The van der Waals surface area contributed by atoms with E-state index in [1.807, 2.05) is 0 Å². The number of aliphatic hydroxyl groups is 2. The summed E-state index contributed by atoms with van der Waals surface area (Å²) in [6.45, 7) is 4.29. The molecule has 0 aromatic heterocycles. The van der Waals surface area contributed by atoms with Crippen molar-refractivity contribution in [3.05, 3.63) is 48.6 Å². The van der Waals surface area contributed by atoms with Crippen LogP contribution in [-0.2, 0) is 4.79 Å². The highest BCUT2D eigenvalue weighted by molar-refractivity contribution is 5.76. The lowest BCUT2D eigenvalue weighted by atomic mass is 10.0. The molecule has 0 heterocycles. The molecule has 0 aromatic carbocycles. The van der Waals surface area contributed by atoms with Crippen LogP contribution in [0.15, 0.2) is 48.6 Å². The number of hydrogen-bond donors (Lipinski definition) is 3. The van der Waals surface area contributed by atoms with Crippen LogP contribution < -0.4 is 5.32 Å². The third-order valence-corrected chi connectivity index (χ3v) is 17.4. The summed E-state index contributed by atoms with van der Waals surface area (Å²) >= 11 is 0. The van der Waals surface area contributed by atoms with Gasteiger partial charge in [-0.3, -0.25) is 4.79 Å². The first-order valence-corrected chi connectivity index (χ1v) is 36.8. The van der Waals surface area contributed by atoms with Gasteiger partial charge in [-0.15, -0.1) is 0 Å². The fraction of sp³-hybridized carbons (Fsp3) is 0.882. The molecular weight excluding hydrogens is 975 g/mol. The molecule has 4 heteroatoms. The lowest BCUT2D eigenvalue weighted by molar-refractivity contribution is -0.123. The second kappa shape index (κ2) is 71.6. The Kier molecular flexibility index (Phi) is 70.1. The van der Waals surface area contributed by atoms with Crippen LogP contribution in [-0.4, -0.2) is 34.9 Å². The Morgan fingerprint density at radius 1 is 0.312 bits per heavy atom. The quantitative estimate of drug-likeness (QED) is 0.0420. The average Bonchev–Trinajstić information content (AvgIpc) is 3.46. The van der Waals surface area contributed by atoms with Crippen molar-refractivity contribution in [3.8, 4) is 0 Å². The van der Waals surface area contributed by atoms with Gasteiger partial charge in [-0.05, 0) is 51.4 Å². The standard InChI is InChI=1S/C76H145NO3/c1-3-5-7-9-11-13-15-17-19-21-23-25-27-29-31-33-34-35-36-37-38-39-40-41-42-44-46-48-50-52-54-56-58-60-62-64-66-68-70-72-76(80)77-74(73-78)75(79)71-69-67-65-63-61-59-57-55-53-51-49-47-45-43-32-30-28-26-24-22-20-18-16-14-12-10-8-6-4-2/h5,7,11,13,17,19,23,25,74-75,78-79H,3-4,6,8-10,12,14-16,18,20-22,24,26-73H2,1-2H3,(H,77,80)/b7-5-,13-11-,19-17-,25-23-. The summed E-state index contributed by atoms with van der Waals surface area (Å²) in [7, 11) is 0. The molecule has 0 rings (SSSR count). The number of rotatable bonds is 69. The van der Waals surface area contributed by atoms with Gasteiger partial charge in [0, 0.05) is 6.42 Å². The summed E-state index contributed by atoms with van der Waals surface area (Å²) in [6.07, 6.45) is 101. The van der Waals surface area contributed by atoms with E-state index in [1.54, 1.807) is 0 Å². The highest BCUT2D eigenvalue weighted by Crippen LogP contribution is 2.20. The number of allylic oxidation sites excluding steroid dienone is 8. The second-order valence-corrected chi connectivity index (χ2v) is 25.3. The third kappa shape index (κ3) is 67.1. The van der Waals surface area contributed by atoms with Gasteiger partial charge < -0.3 is 15.5 Å². The maximum Gasteiger partial charge on any atom is 0.220 e. The van der Waals surface area contributed by atoms with Crippen molar-refractivity contribution >= 4 is 5.91 Å². The highest BCUT2D eigenvalue weighted by atomic mass is 16.3. The molecule has 472 valence electrons. The van der Waals surface area contributed by atoms with Gasteiger partial charge in [0.1, 0.15) is 0 Å². The van der Waals surface area contributed by atoms with E-state index in [0.29, 0.717) is 12.8 Å². The number of nitrogens with one attached hydrogen (secondary N) is 1. The van der Waals surface area contributed by atoms with E-state index < -0.39 is 12.1 Å². The van der Waals surface area contributed by atoms with Gasteiger partial charge in [0.25, 0.3) is 0 Å². The lowest BCUT2D eigenvalue weighted by Crippen LogP contribution is -2.45. The fourth-order valence-electron chi connectivity index (χ4n) is 11.8. The monoisotopic (exact) mass is 1120 g/mol. The molecular formula is C76H145NO3. The molecule has 0 fully saturated rings. The van der Waals surface area contributed by atoms with E-state index in [4.69, 9.17) is 0 Å². The van der Waals surface area contributed by atoms with Gasteiger partial charge >= 0.3 is 0 Å². The maximum absolute atomic E-state index is 12.6. The van der Waals surface area contributed by atoms with Crippen molar-refractivity contribution in [2.24, 2.45) is 0 Å². The van der Waals surface area contributed by atoms with Gasteiger partial charge in [-0.2, -0.15) is 0 Å². The van der Waals surface area contributed by atoms with Crippen molar-refractivity contribution in [2.75, 3.05) is 6.61 Å². The zero-order valence-electron chi connectivity index (χ0n) is 54.6. The van der Waals surface area contributed by atoms with Crippen molar-refractivity contribution in [1.82, 2.24) is 5.32 Å². The molecule has 0 aromatic rings. The predicted octanol–water partition coefficient (Wildman–Crippen LogP) is 25.3. The topological polar surface area (TPSA) is 69.6 Å². The van der Waals surface area contributed by atoms with Gasteiger partial charge in [-0.25, -0.2) is 0 Å². The molecule has 1 amide bonds. The maximum atomic E-state index is 12.6. The summed E-state index contributed by atoms with van der Waals surface area (Å²) in [5.41, 5.74) is 0. The van der Waals surface area contributed by atoms with E-state index in [0.717, 1.165) is 51.4 Å². The minimum Gasteiger partial charge on any atom is -0.394 e. The molecule has 0 saturated heterocycles. The largest absolute Gasteiger partial charge is 0.394 e. The Bertz CT molecular complexity index is 1270. The van der Waals surface area contributed by atoms with Crippen molar-refractivity contribution in [1.29, 1.82) is 0 Å². The first-order valence-electron chi connectivity index (χ1n) is 36.8. The van der Waals surface area contributed by atoms with Gasteiger partial charge in [-0.1, -0.05) is 403 Å². The summed E-state index contributed by atoms with van der Waals surface area (Å²) in [6, 6.07) is -0.536. The Morgan fingerprint density at radius 3 is 0.825 bits per heavy atom. The molecule has 0 aliphatic carbocycles. The summed E-state index contributed by atoms with van der Waals surface area (Å²) in [5, 5.41) is 23.5. The molecule has 4 nitrogen and oxygen atoms in total. The van der Waals surface area contributed by atoms with Crippen LogP contribution in [0.5, 0.6) is 0 Å². The fourth-order valence-corrected chi connectivity index (χ4v) is 11.8. The molecule has 0 aliphatic heterocycles. The zero-order chi connectivity index (χ0) is 57.6. The minimum atomic E-state index is -0.660. The van der Waals surface area contributed by atoms with Crippen LogP contribution in [0.3, 0.4) is 0 Å². The molecule has 0 aliphatic rings. The number of carbonyl (C=O) groups is 1. The van der Waals surface area contributed by atoms with Crippen LogP contribution in [0.2, 0.25) is 0 Å². The Hall–Kier alpha value is -1.65. The summed E-state index contributed by atoms with van der Waals surface area (Å²) in [5.74, 6) is -0.0217. The lowest BCUT2D eigenvalue weighted by Gasteiger charge is -2.22. The summed E-state index contributed by atoms with van der Waals surface area (Å²) < 4.78 is 0. The smallest absolute Gasteiger partial charge is 0.220 e. The van der Waals surface area contributed by atoms with E-state index >= 15 is 0 Å². The number of carbonyl (C=O) groups excluding carboxylic acids is 1. The van der Waals surface area contributed by atoms with Gasteiger partial charge in [0.05, 0.1) is 18.8 Å². The number of amides is 1. The van der Waals surface area contributed by atoms with E-state index in [9.17, 15) is 15.0 Å². The Balaban J connectivity index is 3.37. The second-order valence-electron chi connectivity index (χ2n) is 25.3. The molecule has 3 N–H and O–H groups in total. The van der Waals surface area contributed by atoms with Crippen LogP contribution in [0.4, 0.5) is 0 Å². The molecule has 2 unspecified atom stereocenters. The summed E-state index contributed by atoms with van der Waals surface area (Å²) in [4.78, 5) is 12.6. The highest BCUT2D eigenvalue weighted by Gasteiger charge is 2.20. The minimum absolute atomic E-state index is 0.0217. The molecule has 0 spiro atoms. The van der Waals surface area contributed by atoms with Gasteiger partial charge in [0.2, 0.25) is 5.91 Å². The van der Waals surface area contributed by atoms with Crippen molar-refractivity contribution in [3.63, 3.8) is 0 Å². The molecule has 80 heavy (non-hydrogen) atoms. The van der Waals surface area contributed by atoms with Crippen LogP contribution >= 0.6 is 0 Å². The molecule has 0 bridgehead atoms. The Labute approximate surface area is 503 Å². The predicted molar refractivity (Wildman–Crippen MR) is 359 cm³/mol. The van der Waals surface area contributed by atoms with Gasteiger partial charge in [0.15, 0.2) is 0 Å². The first kappa shape index (κ1) is 78.4. The van der Waals surface area contributed by atoms with E-state index in [2.05, 4.69) is 67.8 Å². The number of aliphatic hydroxyl groups excluding tert-OH is 2. The SMILES string of the molecule is CC/C=C\C/C=C\C/C=C\C/C=C\CCCCCCCCCCCCCCCCCCCCCCCCCCCCC(=O)NC(CO)C(O)CCCCCCCCCCCCCCCCCCCCCCCCCCCCCCC. The van der Waals surface area contributed by atoms with Crippen molar-refractivity contribution < 1.29 is 15.0 Å². The molecule has 0 saturated carbocycles. The number of unbranched alkanes of at least 4 members (excludes halogenated alkanes) is 54. The van der Waals surface area contributed by atoms with E-state index in [-0.39, 0.29) is 12.5 Å². The van der Waals surface area contributed by atoms with Crippen LogP contribution in [0.25, 0.3) is 0 Å². The van der Waals surface area contributed by atoms with Crippen LogP contribution in [0, 0.1) is 0 Å².